The van der Waals surface area contributed by atoms with Crippen molar-refractivity contribution in [2.24, 2.45) is 11.3 Å². The van der Waals surface area contributed by atoms with E-state index >= 15 is 0 Å². The first kappa shape index (κ1) is 13.4. The Morgan fingerprint density at radius 3 is 2.28 bits per heavy atom. The Labute approximate surface area is 111 Å². The first-order valence-electron chi connectivity index (χ1n) is 6.89. The minimum Gasteiger partial charge on any atom is -0.497 e. The second-order valence-electron chi connectivity index (χ2n) is 5.97. The van der Waals surface area contributed by atoms with Crippen molar-refractivity contribution < 1.29 is 4.74 Å². The molecule has 0 radical (unpaired) electrons. The van der Waals surface area contributed by atoms with Crippen LogP contribution in [0.4, 0.5) is 0 Å². The van der Waals surface area contributed by atoms with Crippen LogP contribution in [0, 0.1) is 11.3 Å². The van der Waals surface area contributed by atoms with Crippen molar-refractivity contribution in [3.05, 3.63) is 29.8 Å². The van der Waals surface area contributed by atoms with E-state index in [1.807, 2.05) is 0 Å². The van der Waals surface area contributed by atoms with Gasteiger partial charge in [0.2, 0.25) is 0 Å². The molecule has 0 saturated heterocycles. The van der Waals surface area contributed by atoms with Crippen LogP contribution in [0.25, 0.3) is 0 Å². The smallest absolute Gasteiger partial charge is 0.118 e. The molecule has 0 aromatic heterocycles. The summed E-state index contributed by atoms with van der Waals surface area (Å²) in [6.07, 6.45) is 0. The van der Waals surface area contributed by atoms with E-state index in [2.05, 4.69) is 57.3 Å². The fraction of sp³-hybridized carbons (Fsp3) is 0.625. The molecule has 2 heteroatoms. The maximum atomic E-state index is 5.23. The summed E-state index contributed by atoms with van der Waals surface area (Å²) < 4.78 is 5.23. The topological polar surface area (TPSA) is 21.3 Å². The van der Waals surface area contributed by atoms with Gasteiger partial charge in [0.25, 0.3) is 0 Å². The number of benzene rings is 1. The van der Waals surface area contributed by atoms with Crippen LogP contribution in [0.3, 0.4) is 0 Å². The average Bonchev–Trinajstić information content (AvgIpc) is 2.36. The van der Waals surface area contributed by atoms with Crippen LogP contribution < -0.4 is 10.1 Å². The van der Waals surface area contributed by atoms with Gasteiger partial charge in [0.05, 0.1) is 7.11 Å². The molecule has 0 spiro atoms. The van der Waals surface area contributed by atoms with E-state index in [0.29, 0.717) is 23.3 Å². The molecular weight excluding hydrogens is 222 g/mol. The molecule has 1 saturated carbocycles. The van der Waals surface area contributed by atoms with E-state index in [1.165, 1.54) is 5.56 Å². The van der Waals surface area contributed by atoms with Gasteiger partial charge in [0.1, 0.15) is 5.75 Å². The molecule has 0 bridgehead atoms. The molecule has 3 unspecified atom stereocenters. The minimum absolute atomic E-state index is 0.323. The molecule has 0 heterocycles. The van der Waals surface area contributed by atoms with Gasteiger partial charge in [0, 0.05) is 6.04 Å². The number of ether oxygens (including phenoxy) is 1. The van der Waals surface area contributed by atoms with E-state index in [-0.39, 0.29) is 0 Å². The Kier molecular flexibility index (Phi) is 3.67. The van der Waals surface area contributed by atoms with Gasteiger partial charge >= 0.3 is 0 Å². The molecule has 1 aliphatic carbocycles. The molecule has 100 valence electrons. The summed E-state index contributed by atoms with van der Waals surface area (Å²) in [5, 5.41) is 3.62. The Morgan fingerprint density at radius 2 is 1.83 bits per heavy atom. The summed E-state index contributed by atoms with van der Waals surface area (Å²) in [5.41, 5.74) is 1.76. The van der Waals surface area contributed by atoms with E-state index in [0.717, 1.165) is 12.3 Å². The maximum absolute atomic E-state index is 5.23. The third-order valence-electron chi connectivity index (χ3n) is 4.55. The predicted octanol–water partition coefficient (Wildman–Crippen LogP) is 3.43. The van der Waals surface area contributed by atoms with Crippen molar-refractivity contribution >= 4 is 0 Å². The summed E-state index contributed by atoms with van der Waals surface area (Å²) >= 11 is 0. The lowest BCUT2D eigenvalue weighted by molar-refractivity contribution is 0.00142. The van der Waals surface area contributed by atoms with Crippen molar-refractivity contribution in [3.8, 4) is 5.75 Å². The fourth-order valence-corrected chi connectivity index (χ4v) is 3.84. The Hall–Kier alpha value is -1.02. The number of hydrogen-bond donors (Lipinski definition) is 1. The SMILES string of the molecule is CCNC1C(C)C(c2ccc(OC)cc2)C1(C)C. The normalized spacial score (nSPS) is 29.7. The van der Waals surface area contributed by atoms with Gasteiger partial charge in [-0.1, -0.05) is 39.8 Å². The van der Waals surface area contributed by atoms with Crippen LogP contribution in [-0.4, -0.2) is 19.7 Å². The largest absolute Gasteiger partial charge is 0.497 e. The van der Waals surface area contributed by atoms with Crippen molar-refractivity contribution in [1.29, 1.82) is 0 Å². The average molecular weight is 247 g/mol. The molecule has 2 nitrogen and oxygen atoms in total. The van der Waals surface area contributed by atoms with Crippen molar-refractivity contribution in [2.75, 3.05) is 13.7 Å². The van der Waals surface area contributed by atoms with Gasteiger partial charge in [-0.05, 0) is 41.5 Å². The zero-order chi connectivity index (χ0) is 13.3. The highest BCUT2D eigenvalue weighted by Gasteiger charge is 2.53. The highest BCUT2D eigenvalue weighted by atomic mass is 16.5. The number of nitrogens with one attached hydrogen (secondary N) is 1. The van der Waals surface area contributed by atoms with Gasteiger partial charge in [-0.15, -0.1) is 0 Å². The molecule has 2 rings (SSSR count). The second-order valence-corrected chi connectivity index (χ2v) is 5.97. The molecule has 0 aliphatic heterocycles. The van der Waals surface area contributed by atoms with Crippen LogP contribution in [0.5, 0.6) is 5.75 Å². The summed E-state index contributed by atoms with van der Waals surface area (Å²) in [6.45, 7) is 10.3. The summed E-state index contributed by atoms with van der Waals surface area (Å²) in [4.78, 5) is 0. The minimum atomic E-state index is 0.323. The zero-order valence-corrected chi connectivity index (χ0v) is 12.2. The Bertz CT molecular complexity index is 396. The molecule has 1 aromatic rings. The van der Waals surface area contributed by atoms with Gasteiger partial charge in [0.15, 0.2) is 0 Å². The Balaban J connectivity index is 2.18. The van der Waals surface area contributed by atoms with Crippen LogP contribution in [0.15, 0.2) is 24.3 Å². The summed E-state index contributed by atoms with van der Waals surface area (Å²) in [7, 11) is 1.71. The lowest BCUT2D eigenvalue weighted by Crippen LogP contribution is -2.61. The van der Waals surface area contributed by atoms with Crippen LogP contribution in [0.1, 0.15) is 39.2 Å². The quantitative estimate of drug-likeness (QED) is 0.880. The van der Waals surface area contributed by atoms with E-state index in [4.69, 9.17) is 4.74 Å². The number of hydrogen-bond acceptors (Lipinski definition) is 2. The van der Waals surface area contributed by atoms with E-state index in [1.54, 1.807) is 7.11 Å². The van der Waals surface area contributed by atoms with Gasteiger partial charge < -0.3 is 10.1 Å². The zero-order valence-electron chi connectivity index (χ0n) is 12.2. The number of methoxy groups -OCH3 is 1. The first-order valence-corrected chi connectivity index (χ1v) is 6.89. The third kappa shape index (κ3) is 2.03. The standard InChI is InChI=1S/C16H25NO/c1-6-17-15-11(2)14(16(15,3)4)12-7-9-13(18-5)10-8-12/h7-11,14-15,17H,6H2,1-5H3. The van der Waals surface area contributed by atoms with Gasteiger partial charge in [-0.25, -0.2) is 0 Å². The predicted molar refractivity (Wildman–Crippen MR) is 76.1 cm³/mol. The maximum Gasteiger partial charge on any atom is 0.118 e. The van der Waals surface area contributed by atoms with Crippen LogP contribution in [0.2, 0.25) is 0 Å². The fourth-order valence-electron chi connectivity index (χ4n) is 3.84. The second kappa shape index (κ2) is 4.93. The molecular formula is C16H25NO. The molecule has 1 N–H and O–H groups in total. The highest BCUT2D eigenvalue weighted by molar-refractivity contribution is 5.34. The van der Waals surface area contributed by atoms with Crippen molar-refractivity contribution in [1.82, 2.24) is 5.32 Å². The van der Waals surface area contributed by atoms with E-state index < -0.39 is 0 Å². The van der Waals surface area contributed by atoms with Crippen LogP contribution >= 0.6 is 0 Å². The molecule has 1 aliphatic rings. The summed E-state index contributed by atoms with van der Waals surface area (Å²) in [5.74, 6) is 2.26. The number of rotatable bonds is 4. The lowest BCUT2D eigenvalue weighted by atomic mass is 9.50. The molecule has 1 fully saturated rings. The van der Waals surface area contributed by atoms with E-state index in [9.17, 15) is 0 Å². The lowest BCUT2D eigenvalue weighted by Gasteiger charge is -2.58. The van der Waals surface area contributed by atoms with Crippen molar-refractivity contribution in [3.63, 3.8) is 0 Å². The Morgan fingerprint density at radius 1 is 1.22 bits per heavy atom. The third-order valence-corrected chi connectivity index (χ3v) is 4.55. The first-order chi connectivity index (χ1) is 8.52. The van der Waals surface area contributed by atoms with Gasteiger partial charge in [-0.3, -0.25) is 0 Å². The molecule has 1 aromatic carbocycles. The molecule has 0 amide bonds. The molecule has 18 heavy (non-hydrogen) atoms. The summed E-state index contributed by atoms with van der Waals surface area (Å²) in [6, 6.07) is 9.18. The highest BCUT2D eigenvalue weighted by Crippen LogP contribution is 2.56. The van der Waals surface area contributed by atoms with Gasteiger partial charge in [-0.2, -0.15) is 0 Å². The van der Waals surface area contributed by atoms with Crippen molar-refractivity contribution in [2.45, 2.75) is 39.7 Å². The molecule has 3 atom stereocenters. The van der Waals surface area contributed by atoms with Crippen LogP contribution in [-0.2, 0) is 0 Å². The monoisotopic (exact) mass is 247 g/mol.